The van der Waals surface area contributed by atoms with E-state index < -0.39 is 6.04 Å². The fourth-order valence-electron chi connectivity index (χ4n) is 2.11. The van der Waals surface area contributed by atoms with E-state index in [4.69, 9.17) is 0 Å². The van der Waals surface area contributed by atoms with Crippen LogP contribution in [0.15, 0.2) is 12.7 Å². The molecule has 0 aromatic heterocycles. The molecule has 1 amide bonds. The smallest absolute Gasteiger partial charge is 0.242 e. The number of aliphatic hydroxyl groups is 1. The minimum absolute atomic E-state index is 0.00343. The van der Waals surface area contributed by atoms with E-state index in [0.29, 0.717) is 12.5 Å². The summed E-state index contributed by atoms with van der Waals surface area (Å²) in [5, 5.41) is 9.26. The maximum Gasteiger partial charge on any atom is 0.242 e. The molecule has 86 valence electrons. The van der Waals surface area contributed by atoms with Crippen molar-refractivity contribution in [2.45, 2.75) is 13.0 Å². The van der Waals surface area contributed by atoms with Crippen LogP contribution in [-0.2, 0) is 4.79 Å². The second kappa shape index (κ2) is 5.28. The summed E-state index contributed by atoms with van der Waals surface area (Å²) < 4.78 is 0. The van der Waals surface area contributed by atoms with Crippen LogP contribution >= 0.6 is 0 Å². The molecule has 4 heteroatoms. The molecule has 4 nitrogen and oxygen atoms in total. The standard InChI is InChI=1S/C11H20N2O2/c1-4-5-13-7-9(2)6-12(3)11(15)10(13)8-14/h4,9-10,14H,1,5-8H2,2-3H3. The average molecular weight is 212 g/mol. The van der Waals surface area contributed by atoms with Gasteiger partial charge in [-0.05, 0) is 5.92 Å². The molecule has 0 radical (unpaired) electrons. The predicted molar refractivity (Wildman–Crippen MR) is 59.4 cm³/mol. The number of aliphatic hydroxyl groups excluding tert-OH is 1. The van der Waals surface area contributed by atoms with Gasteiger partial charge in [-0.15, -0.1) is 6.58 Å². The van der Waals surface area contributed by atoms with E-state index in [1.165, 1.54) is 0 Å². The first-order valence-electron chi connectivity index (χ1n) is 5.31. The van der Waals surface area contributed by atoms with Crippen LogP contribution in [0.5, 0.6) is 0 Å². The molecule has 1 aliphatic heterocycles. The Hall–Kier alpha value is -0.870. The van der Waals surface area contributed by atoms with Crippen molar-refractivity contribution >= 4 is 5.91 Å². The van der Waals surface area contributed by atoms with Gasteiger partial charge in [-0.2, -0.15) is 0 Å². The first-order chi connectivity index (χ1) is 7.10. The molecular weight excluding hydrogens is 192 g/mol. The van der Waals surface area contributed by atoms with E-state index in [2.05, 4.69) is 13.5 Å². The summed E-state index contributed by atoms with van der Waals surface area (Å²) in [7, 11) is 1.79. The van der Waals surface area contributed by atoms with Crippen LogP contribution in [0.4, 0.5) is 0 Å². The molecule has 2 unspecified atom stereocenters. The SMILES string of the molecule is C=CCN1CC(C)CN(C)C(=O)C1CO. The van der Waals surface area contributed by atoms with Crippen molar-refractivity contribution in [1.29, 1.82) is 0 Å². The number of likely N-dealkylation sites (N-methyl/N-ethyl adjacent to an activating group) is 1. The van der Waals surface area contributed by atoms with Crippen LogP contribution in [0.1, 0.15) is 6.92 Å². The zero-order valence-corrected chi connectivity index (χ0v) is 9.52. The lowest BCUT2D eigenvalue weighted by atomic mass is 10.1. The Kier molecular flexibility index (Phi) is 4.29. The summed E-state index contributed by atoms with van der Waals surface area (Å²) in [5.41, 5.74) is 0. The van der Waals surface area contributed by atoms with E-state index in [1.54, 1.807) is 18.0 Å². The van der Waals surface area contributed by atoms with Gasteiger partial charge in [-0.3, -0.25) is 9.69 Å². The van der Waals surface area contributed by atoms with Crippen LogP contribution in [-0.4, -0.2) is 60.1 Å². The highest BCUT2D eigenvalue weighted by molar-refractivity contribution is 5.82. The van der Waals surface area contributed by atoms with Crippen molar-refractivity contribution in [3.05, 3.63) is 12.7 Å². The van der Waals surface area contributed by atoms with Crippen molar-refractivity contribution in [2.24, 2.45) is 5.92 Å². The summed E-state index contributed by atoms with van der Waals surface area (Å²) in [6.45, 7) is 7.89. The molecule has 0 aliphatic carbocycles. The van der Waals surface area contributed by atoms with E-state index in [0.717, 1.165) is 13.1 Å². The highest BCUT2D eigenvalue weighted by Gasteiger charge is 2.32. The van der Waals surface area contributed by atoms with Gasteiger partial charge < -0.3 is 10.0 Å². The maximum atomic E-state index is 11.9. The molecule has 2 atom stereocenters. The molecule has 15 heavy (non-hydrogen) atoms. The van der Waals surface area contributed by atoms with E-state index >= 15 is 0 Å². The van der Waals surface area contributed by atoms with Crippen molar-refractivity contribution in [1.82, 2.24) is 9.80 Å². The van der Waals surface area contributed by atoms with Crippen molar-refractivity contribution in [3.8, 4) is 0 Å². The van der Waals surface area contributed by atoms with Gasteiger partial charge in [-0.25, -0.2) is 0 Å². The van der Waals surface area contributed by atoms with Crippen LogP contribution in [0.25, 0.3) is 0 Å². The highest BCUT2D eigenvalue weighted by atomic mass is 16.3. The summed E-state index contributed by atoms with van der Waals surface area (Å²) in [5.74, 6) is 0.430. The van der Waals surface area contributed by atoms with E-state index in [-0.39, 0.29) is 12.5 Å². The summed E-state index contributed by atoms with van der Waals surface area (Å²) >= 11 is 0. The first kappa shape index (κ1) is 12.2. The minimum Gasteiger partial charge on any atom is -0.394 e. The van der Waals surface area contributed by atoms with E-state index in [1.807, 2.05) is 4.90 Å². The monoisotopic (exact) mass is 212 g/mol. The number of amides is 1. The van der Waals surface area contributed by atoms with Gasteiger partial charge in [0.1, 0.15) is 6.04 Å². The predicted octanol–water partition coefficient (Wildman–Crippen LogP) is -0.0566. The third kappa shape index (κ3) is 2.79. The van der Waals surface area contributed by atoms with Crippen LogP contribution in [0.3, 0.4) is 0 Å². The Morgan fingerprint density at radius 3 is 2.80 bits per heavy atom. The average Bonchev–Trinajstić information content (AvgIpc) is 2.26. The normalized spacial score (nSPS) is 29.0. The number of carbonyl (C=O) groups excluding carboxylic acids is 1. The summed E-state index contributed by atoms with van der Waals surface area (Å²) in [6.07, 6.45) is 1.77. The molecule has 1 aliphatic rings. The highest BCUT2D eigenvalue weighted by Crippen LogP contribution is 2.13. The number of rotatable bonds is 3. The molecule has 1 rings (SSSR count). The minimum atomic E-state index is -0.405. The molecule has 1 heterocycles. The fraction of sp³-hybridized carbons (Fsp3) is 0.727. The molecule has 1 saturated heterocycles. The Morgan fingerprint density at radius 1 is 1.60 bits per heavy atom. The Balaban J connectivity index is 2.83. The van der Waals surface area contributed by atoms with Crippen molar-refractivity contribution < 1.29 is 9.90 Å². The largest absolute Gasteiger partial charge is 0.394 e. The second-order valence-electron chi connectivity index (χ2n) is 4.26. The summed E-state index contributed by atoms with van der Waals surface area (Å²) in [6, 6.07) is -0.405. The number of hydrogen-bond donors (Lipinski definition) is 1. The summed E-state index contributed by atoms with van der Waals surface area (Å²) in [4.78, 5) is 15.6. The van der Waals surface area contributed by atoms with Crippen LogP contribution < -0.4 is 0 Å². The topological polar surface area (TPSA) is 43.8 Å². The van der Waals surface area contributed by atoms with Gasteiger partial charge in [0.25, 0.3) is 0 Å². The quantitative estimate of drug-likeness (QED) is 0.667. The Bertz CT molecular complexity index is 243. The van der Waals surface area contributed by atoms with Gasteiger partial charge in [0, 0.05) is 26.7 Å². The lowest BCUT2D eigenvalue weighted by Gasteiger charge is -2.27. The van der Waals surface area contributed by atoms with E-state index in [9.17, 15) is 9.90 Å². The molecule has 0 saturated carbocycles. The van der Waals surface area contributed by atoms with Gasteiger partial charge in [0.2, 0.25) is 5.91 Å². The maximum absolute atomic E-state index is 11.9. The van der Waals surface area contributed by atoms with Crippen LogP contribution in [0.2, 0.25) is 0 Å². The lowest BCUT2D eigenvalue weighted by molar-refractivity contribution is -0.135. The van der Waals surface area contributed by atoms with Crippen molar-refractivity contribution in [2.75, 3.05) is 33.3 Å². The molecule has 0 bridgehead atoms. The molecular formula is C11H20N2O2. The Labute approximate surface area is 91.2 Å². The second-order valence-corrected chi connectivity index (χ2v) is 4.26. The van der Waals surface area contributed by atoms with Gasteiger partial charge in [0.05, 0.1) is 6.61 Å². The third-order valence-electron chi connectivity index (χ3n) is 2.77. The molecule has 0 aromatic rings. The first-order valence-corrected chi connectivity index (χ1v) is 5.31. The Morgan fingerprint density at radius 2 is 2.27 bits per heavy atom. The number of hydrogen-bond acceptors (Lipinski definition) is 3. The zero-order chi connectivity index (χ0) is 11.4. The number of carbonyl (C=O) groups is 1. The lowest BCUT2D eigenvalue weighted by Crippen LogP contribution is -2.47. The third-order valence-corrected chi connectivity index (χ3v) is 2.77. The molecule has 0 spiro atoms. The number of nitrogens with zero attached hydrogens (tertiary/aromatic N) is 2. The van der Waals surface area contributed by atoms with Crippen molar-refractivity contribution in [3.63, 3.8) is 0 Å². The molecule has 0 aromatic carbocycles. The zero-order valence-electron chi connectivity index (χ0n) is 9.52. The van der Waals surface area contributed by atoms with Gasteiger partial charge in [0.15, 0.2) is 0 Å². The molecule has 1 N–H and O–H groups in total. The fourth-order valence-corrected chi connectivity index (χ4v) is 2.11. The van der Waals surface area contributed by atoms with Crippen LogP contribution in [0, 0.1) is 5.92 Å². The van der Waals surface area contributed by atoms with Gasteiger partial charge >= 0.3 is 0 Å². The molecule has 1 fully saturated rings. The van der Waals surface area contributed by atoms with Gasteiger partial charge in [-0.1, -0.05) is 13.0 Å².